The van der Waals surface area contributed by atoms with Gasteiger partial charge in [-0.3, -0.25) is 4.79 Å². The number of aromatic nitrogens is 2. The van der Waals surface area contributed by atoms with Crippen LogP contribution in [0.25, 0.3) is 0 Å². The zero-order valence-corrected chi connectivity index (χ0v) is 10.0. The summed E-state index contributed by atoms with van der Waals surface area (Å²) in [6.45, 7) is 2.40. The van der Waals surface area contributed by atoms with Crippen LogP contribution in [-0.4, -0.2) is 42.3 Å². The Bertz CT molecular complexity index is 292. The number of amides is 1. The van der Waals surface area contributed by atoms with Gasteiger partial charge in [-0.05, 0) is 11.5 Å². The Balaban J connectivity index is 1.96. The molecule has 90 valence electrons. The molecule has 0 saturated heterocycles. The quantitative estimate of drug-likeness (QED) is 0.618. The number of nitrogens with zero attached hydrogens (tertiary/aromatic N) is 2. The van der Waals surface area contributed by atoms with Crippen LogP contribution in [0.3, 0.4) is 0 Å². The molecule has 1 aromatic rings. The maximum absolute atomic E-state index is 11.2. The van der Waals surface area contributed by atoms with Gasteiger partial charge in [-0.25, -0.2) is 0 Å². The predicted octanol–water partition coefficient (Wildman–Crippen LogP) is -0.220. The lowest BCUT2D eigenvalue weighted by atomic mass is 10.4. The van der Waals surface area contributed by atoms with Crippen LogP contribution in [0.1, 0.15) is 12.1 Å². The summed E-state index contributed by atoms with van der Waals surface area (Å²) in [6, 6.07) is 0. The minimum atomic E-state index is 0.0287. The maximum Gasteiger partial charge on any atom is 0.221 e. The summed E-state index contributed by atoms with van der Waals surface area (Å²) in [5.74, 6) is 0.0287. The highest BCUT2D eigenvalue weighted by atomic mass is 32.1. The van der Waals surface area contributed by atoms with Crippen molar-refractivity contribution >= 4 is 17.4 Å². The first-order chi connectivity index (χ1) is 7.83. The van der Waals surface area contributed by atoms with Gasteiger partial charge in [0.05, 0.1) is 12.3 Å². The van der Waals surface area contributed by atoms with Crippen LogP contribution in [0.4, 0.5) is 0 Å². The van der Waals surface area contributed by atoms with E-state index in [0.29, 0.717) is 32.7 Å². The topological polar surface area (TPSA) is 76.1 Å². The van der Waals surface area contributed by atoms with Crippen molar-refractivity contribution in [3.8, 4) is 0 Å². The van der Waals surface area contributed by atoms with E-state index >= 15 is 0 Å². The minimum Gasteiger partial charge on any atom is -0.383 e. The Kier molecular flexibility index (Phi) is 6.62. The van der Waals surface area contributed by atoms with E-state index in [1.165, 1.54) is 11.5 Å². The first kappa shape index (κ1) is 13.0. The molecule has 0 aromatic carbocycles. The zero-order chi connectivity index (χ0) is 11.6. The number of rotatable bonds is 8. The van der Waals surface area contributed by atoms with Gasteiger partial charge in [0.25, 0.3) is 0 Å². The van der Waals surface area contributed by atoms with Gasteiger partial charge in [-0.15, -0.1) is 5.10 Å². The maximum atomic E-state index is 11.2. The normalized spacial score (nSPS) is 10.3. The van der Waals surface area contributed by atoms with Crippen LogP contribution in [-0.2, 0) is 16.1 Å². The van der Waals surface area contributed by atoms with Crippen molar-refractivity contribution in [3.05, 3.63) is 11.1 Å². The van der Waals surface area contributed by atoms with Crippen LogP contribution < -0.4 is 10.6 Å². The highest BCUT2D eigenvalue weighted by Gasteiger charge is 2.00. The molecular formula is C9H16N4O2S. The lowest BCUT2D eigenvalue weighted by Gasteiger charge is -2.04. The molecule has 0 aliphatic heterocycles. The van der Waals surface area contributed by atoms with Crippen LogP contribution in [0.5, 0.6) is 0 Å². The summed E-state index contributed by atoms with van der Waals surface area (Å²) in [7, 11) is 1.61. The Labute approximate surface area is 98.5 Å². The Hall–Kier alpha value is -1.05. The van der Waals surface area contributed by atoms with E-state index in [0.717, 1.165) is 5.69 Å². The second kappa shape index (κ2) is 8.14. The first-order valence-corrected chi connectivity index (χ1v) is 5.89. The summed E-state index contributed by atoms with van der Waals surface area (Å²) >= 11 is 1.32. The number of nitrogens with one attached hydrogen (secondary N) is 2. The summed E-state index contributed by atoms with van der Waals surface area (Å²) in [5.41, 5.74) is 0.907. The van der Waals surface area contributed by atoms with Crippen LogP contribution in [0.15, 0.2) is 5.38 Å². The number of hydrogen-bond acceptors (Lipinski definition) is 6. The summed E-state index contributed by atoms with van der Waals surface area (Å²) < 4.78 is 8.57. The third-order valence-corrected chi connectivity index (χ3v) is 2.42. The smallest absolute Gasteiger partial charge is 0.221 e. The van der Waals surface area contributed by atoms with E-state index in [9.17, 15) is 4.79 Å². The van der Waals surface area contributed by atoms with Gasteiger partial charge in [0.15, 0.2) is 0 Å². The van der Waals surface area contributed by atoms with Crippen molar-refractivity contribution in [3.63, 3.8) is 0 Å². The van der Waals surface area contributed by atoms with Gasteiger partial charge in [-0.2, -0.15) is 0 Å². The van der Waals surface area contributed by atoms with E-state index < -0.39 is 0 Å². The van der Waals surface area contributed by atoms with Gasteiger partial charge < -0.3 is 15.4 Å². The van der Waals surface area contributed by atoms with Crippen LogP contribution in [0.2, 0.25) is 0 Å². The van der Waals surface area contributed by atoms with Crippen LogP contribution >= 0.6 is 11.5 Å². The monoisotopic (exact) mass is 244 g/mol. The minimum absolute atomic E-state index is 0.0287. The van der Waals surface area contributed by atoms with Crippen LogP contribution in [0, 0.1) is 0 Å². The van der Waals surface area contributed by atoms with Gasteiger partial charge in [0.2, 0.25) is 5.91 Å². The number of carbonyl (C=O) groups excluding carboxylic acids is 1. The van der Waals surface area contributed by atoms with Gasteiger partial charge in [-0.1, -0.05) is 4.49 Å². The fourth-order valence-electron chi connectivity index (χ4n) is 1.06. The molecule has 1 aromatic heterocycles. The zero-order valence-electron chi connectivity index (χ0n) is 9.23. The Morgan fingerprint density at radius 1 is 1.56 bits per heavy atom. The Morgan fingerprint density at radius 3 is 3.12 bits per heavy atom. The van der Waals surface area contributed by atoms with Crippen molar-refractivity contribution in [1.82, 2.24) is 20.2 Å². The molecule has 0 radical (unpaired) electrons. The molecule has 1 heterocycles. The van der Waals surface area contributed by atoms with E-state index in [1.54, 1.807) is 7.11 Å². The molecular weight excluding hydrogens is 228 g/mol. The molecule has 2 N–H and O–H groups in total. The predicted molar refractivity (Wildman–Crippen MR) is 61.1 cm³/mol. The fraction of sp³-hybridized carbons (Fsp3) is 0.667. The van der Waals surface area contributed by atoms with E-state index in [4.69, 9.17) is 4.74 Å². The van der Waals surface area contributed by atoms with E-state index in [1.807, 2.05) is 5.38 Å². The lowest BCUT2D eigenvalue weighted by Crippen LogP contribution is -2.29. The van der Waals surface area contributed by atoms with Gasteiger partial charge in [0.1, 0.15) is 0 Å². The van der Waals surface area contributed by atoms with Crippen molar-refractivity contribution in [2.24, 2.45) is 0 Å². The van der Waals surface area contributed by atoms with Gasteiger partial charge >= 0.3 is 0 Å². The van der Waals surface area contributed by atoms with Crippen molar-refractivity contribution in [1.29, 1.82) is 0 Å². The molecule has 0 saturated carbocycles. The van der Waals surface area contributed by atoms with Crippen molar-refractivity contribution in [2.45, 2.75) is 13.0 Å². The molecule has 7 heteroatoms. The molecule has 1 amide bonds. The molecule has 0 unspecified atom stereocenters. The largest absolute Gasteiger partial charge is 0.383 e. The number of carbonyl (C=O) groups is 1. The molecule has 0 bridgehead atoms. The van der Waals surface area contributed by atoms with Crippen molar-refractivity contribution in [2.75, 3.05) is 26.8 Å². The summed E-state index contributed by atoms with van der Waals surface area (Å²) in [5, 5.41) is 11.6. The van der Waals surface area contributed by atoms with E-state index in [2.05, 4.69) is 20.2 Å². The fourth-order valence-corrected chi connectivity index (χ4v) is 1.51. The molecule has 0 aliphatic rings. The molecule has 0 fully saturated rings. The average molecular weight is 244 g/mol. The van der Waals surface area contributed by atoms with E-state index in [-0.39, 0.29) is 5.91 Å². The molecule has 0 spiro atoms. The highest BCUT2D eigenvalue weighted by Crippen LogP contribution is 1.95. The number of ether oxygens (including phenoxy) is 1. The molecule has 0 aliphatic carbocycles. The summed E-state index contributed by atoms with van der Waals surface area (Å²) in [4.78, 5) is 11.2. The second-order valence-corrected chi connectivity index (χ2v) is 3.78. The Morgan fingerprint density at radius 2 is 2.44 bits per heavy atom. The SMILES string of the molecule is COCCNC(=O)CCNCc1csnn1. The number of hydrogen-bond donors (Lipinski definition) is 2. The first-order valence-electron chi connectivity index (χ1n) is 5.05. The third kappa shape index (κ3) is 5.74. The summed E-state index contributed by atoms with van der Waals surface area (Å²) in [6.07, 6.45) is 0.460. The molecule has 6 nitrogen and oxygen atoms in total. The molecule has 1 rings (SSSR count). The van der Waals surface area contributed by atoms with Gasteiger partial charge in [0, 0.05) is 38.5 Å². The van der Waals surface area contributed by atoms with Crippen molar-refractivity contribution < 1.29 is 9.53 Å². The lowest BCUT2D eigenvalue weighted by molar-refractivity contribution is -0.121. The average Bonchev–Trinajstić information content (AvgIpc) is 2.78. The third-order valence-electron chi connectivity index (χ3n) is 1.87. The standard InChI is InChI=1S/C9H16N4O2S/c1-15-5-4-11-9(14)2-3-10-6-8-7-16-13-12-8/h7,10H,2-6H2,1H3,(H,11,14). The molecule has 16 heavy (non-hydrogen) atoms. The second-order valence-electron chi connectivity index (χ2n) is 3.17. The highest BCUT2D eigenvalue weighted by molar-refractivity contribution is 7.03. The molecule has 0 atom stereocenters. The number of methoxy groups -OCH3 is 1.